The Bertz CT molecular complexity index is 766. The van der Waals surface area contributed by atoms with Crippen LogP contribution in [0.1, 0.15) is 80.1 Å². The van der Waals surface area contributed by atoms with Crippen LogP contribution in [0, 0.1) is 52.3 Å². The summed E-state index contributed by atoms with van der Waals surface area (Å²) >= 11 is 0. The molecule has 3 saturated carbocycles. The Balaban J connectivity index is 1.59. The van der Waals surface area contributed by atoms with Crippen LogP contribution >= 0.6 is 0 Å². The van der Waals surface area contributed by atoms with E-state index < -0.39 is 17.6 Å². The van der Waals surface area contributed by atoms with Crippen molar-refractivity contribution < 1.29 is 15.0 Å². The molecule has 3 fully saturated rings. The summed E-state index contributed by atoms with van der Waals surface area (Å²) in [6.45, 7) is 13.8. The number of carbonyl (C=O) groups is 1. The fourth-order valence-corrected chi connectivity index (χ4v) is 8.46. The number of fused-ring (bicyclic) bond motifs is 5. The molecule has 3 heteroatoms. The fraction of sp³-hybridized carbons (Fsp3) is 0.821. The quantitative estimate of drug-likeness (QED) is 0.603. The molecule has 31 heavy (non-hydrogen) atoms. The standard InChI is InChI=1S/C28H44O3/c1-16(2)17(3)10-11-18(4)20-12-13-21-19-14-23(29)22-8-7-9-25(31)28(22,6)26(19)24(30)15-27(20,21)5/h7-9,16-21,23-24,26,29-30H,10-15H2,1-6H3/t17-,18+,19-,20+,21-,23+,24+,26+,27+,28+/m0/s1. The summed E-state index contributed by atoms with van der Waals surface area (Å²) in [4.78, 5) is 13.1. The van der Waals surface area contributed by atoms with Gasteiger partial charge in [-0.15, -0.1) is 0 Å². The van der Waals surface area contributed by atoms with Crippen molar-refractivity contribution in [2.45, 2.75) is 92.3 Å². The Kier molecular flexibility index (Phi) is 6.10. The predicted octanol–water partition coefficient (Wildman–Crippen LogP) is 5.56. The van der Waals surface area contributed by atoms with Gasteiger partial charge in [0.05, 0.1) is 17.6 Å². The second kappa shape index (κ2) is 8.13. The molecule has 4 aliphatic rings. The Morgan fingerprint density at radius 1 is 1.10 bits per heavy atom. The zero-order valence-corrected chi connectivity index (χ0v) is 20.5. The Hall–Kier alpha value is -0.930. The number of aliphatic hydroxyl groups is 2. The molecule has 0 heterocycles. The van der Waals surface area contributed by atoms with E-state index in [1.54, 1.807) is 12.2 Å². The maximum atomic E-state index is 13.1. The molecule has 0 amide bonds. The minimum absolute atomic E-state index is 0.0620. The van der Waals surface area contributed by atoms with E-state index >= 15 is 0 Å². The number of rotatable bonds is 5. The summed E-state index contributed by atoms with van der Waals surface area (Å²) in [6.07, 6.45) is 10.7. The van der Waals surface area contributed by atoms with Gasteiger partial charge in [0, 0.05) is 5.92 Å². The van der Waals surface area contributed by atoms with Gasteiger partial charge in [-0.3, -0.25) is 4.79 Å². The van der Waals surface area contributed by atoms with Gasteiger partial charge >= 0.3 is 0 Å². The van der Waals surface area contributed by atoms with Crippen molar-refractivity contribution in [3.8, 4) is 0 Å². The Labute approximate surface area is 189 Å². The average molecular weight is 429 g/mol. The first-order valence-electron chi connectivity index (χ1n) is 12.8. The molecule has 10 atom stereocenters. The molecular weight excluding hydrogens is 384 g/mol. The van der Waals surface area contributed by atoms with E-state index in [0.717, 1.165) is 23.8 Å². The SMILES string of the molecule is CC(C)[C@@H](C)CC[C@@H](C)[C@H]1CC[C@H]2[C@@H]3C[C@@H](O)C4=CC=CC(=O)[C@]4(C)[C@H]3[C@H](O)C[C@]12C. The van der Waals surface area contributed by atoms with Crippen molar-refractivity contribution >= 4 is 5.78 Å². The predicted molar refractivity (Wildman–Crippen MR) is 125 cm³/mol. The van der Waals surface area contributed by atoms with E-state index in [9.17, 15) is 15.0 Å². The van der Waals surface area contributed by atoms with Crippen molar-refractivity contribution in [1.29, 1.82) is 0 Å². The molecule has 0 unspecified atom stereocenters. The molecule has 4 rings (SSSR count). The van der Waals surface area contributed by atoms with Crippen LogP contribution in [0.3, 0.4) is 0 Å². The minimum Gasteiger partial charge on any atom is -0.393 e. The van der Waals surface area contributed by atoms with Gasteiger partial charge in [-0.1, -0.05) is 59.6 Å². The van der Waals surface area contributed by atoms with Crippen LogP contribution < -0.4 is 0 Å². The van der Waals surface area contributed by atoms with Crippen molar-refractivity contribution in [2.75, 3.05) is 0 Å². The van der Waals surface area contributed by atoms with Gasteiger partial charge in [0.2, 0.25) is 0 Å². The molecular formula is C28H44O3. The molecule has 0 radical (unpaired) electrons. The van der Waals surface area contributed by atoms with Gasteiger partial charge in [0.1, 0.15) is 0 Å². The molecule has 0 spiro atoms. The highest BCUT2D eigenvalue weighted by molar-refractivity contribution is 5.99. The Morgan fingerprint density at radius 3 is 2.48 bits per heavy atom. The monoisotopic (exact) mass is 428 g/mol. The first-order chi connectivity index (χ1) is 14.5. The van der Waals surface area contributed by atoms with E-state index in [0.29, 0.717) is 24.2 Å². The first kappa shape index (κ1) is 23.2. The lowest BCUT2D eigenvalue weighted by molar-refractivity contribution is -0.158. The maximum Gasteiger partial charge on any atom is 0.166 e. The van der Waals surface area contributed by atoms with Crippen LogP contribution in [-0.2, 0) is 4.79 Å². The number of carbonyl (C=O) groups excluding carboxylic acids is 1. The van der Waals surface area contributed by atoms with Gasteiger partial charge in [-0.25, -0.2) is 0 Å². The number of allylic oxidation sites excluding steroid dienone is 3. The zero-order valence-electron chi connectivity index (χ0n) is 20.5. The third kappa shape index (κ3) is 3.50. The molecule has 0 saturated heterocycles. The van der Waals surface area contributed by atoms with E-state index in [-0.39, 0.29) is 23.0 Å². The first-order valence-corrected chi connectivity index (χ1v) is 12.8. The van der Waals surface area contributed by atoms with Crippen LogP contribution in [0.5, 0.6) is 0 Å². The number of hydrogen-bond acceptors (Lipinski definition) is 3. The lowest BCUT2D eigenvalue weighted by Gasteiger charge is -2.60. The highest BCUT2D eigenvalue weighted by Crippen LogP contribution is 2.67. The van der Waals surface area contributed by atoms with Gasteiger partial charge in [-0.2, -0.15) is 0 Å². The minimum atomic E-state index is -0.756. The van der Waals surface area contributed by atoms with Crippen molar-refractivity contribution in [3.05, 3.63) is 23.8 Å². The van der Waals surface area contributed by atoms with Crippen molar-refractivity contribution in [3.63, 3.8) is 0 Å². The summed E-state index contributed by atoms with van der Waals surface area (Å²) in [5.74, 6) is 3.44. The van der Waals surface area contributed by atoms with Gasteiger partial charge in [0.25, 0.3) is 0 Å². The van der Waals surface area contributed by atoms with E-state index in [1.165, 1.54) is 25.7 Å². The second-order valence-electron chi connectivity index (χ2n) is 12.3. The topological polar surface area (TPSA) is 57.5 Å². The summed E-state index contributed by atoms with van der Waals surface area (Å²) in [5, 5.41) is 22.6. The van der Waals surface area contributed by atoms with Crippen LogP contribution in [-0.4, -0.2) is 28.2 Å². The lowest BCUT2D eigenvalue weighted by atomic mass is 9.45. The largest absolute Gasteiger partial charge is 0.393 e. The number of hydrogen-bond donors (Lipinski definition) is 2. The molecule has 4 aliphatic carbocycles. The smallest absolute Gasteiger partial charge is 0.166 e. The summed E-state index contributed by atoms with van der Waals surface area (Å²) in [7, 11) is 0. The van der Waals surface area contributed by atoms with Gasteiger partial charge < -0.3 is 10.2 Å². The molecule has 0 aromatic carbocycles. The molecule has 0 bridgehead atoms. The molecule has 0 aromatic rings. The third-order valence-electron chi connectivity index (χ3n) is 10.6. The molecule has 0 aliphatic heterocycles. The Morgan fingerprint density at radius 2 is 1.81 bits per heavy atom. The van der Waals surface area contributed by atoms with Crippen LogP contribution in [0.2, 0.25) is 0 Å². The summed E-state index contributed by atoms with van der Waals surface area (Å²) in [6, 6.07) is 0. The molecule has 174 valence electrons. The maximum absolute atomic E-state index is 13.1. The normalized spacial score (nSPS) is 46.2. The average Bonchev–Trinajstić information content (AvgIpc) is 3.03. The number of ketones is 1. The van der Waals surface area contributed by atoms with Crippen LogP contribution in [0.15, 0.2) is 23.8 Å². The van der Waals surface area contributed by atoms with E-state index in [1.807, 2.05) is 13.0 Å². The molecule has 3 nitrogen and oxygen atoms in total. The van der Waals surface area contributed by atoms with Crippen molar-refractivity contribution in [1.82, 2.24) is 0 Å². The summed E-state index contributed by atoms with van der Waals surface area (Å²) in [5.41, 5.74) is 0.176. The van der Waals surface area contributed by atoms with Crippen molar-refractivity contribution in [2.24, 2.45) is 52.3 Å². The zero-order chi connectivity index (χ0) is 22.7. The van der Waals surface area contributed by atoms with Gasteiger partial charge in [0.15, 0.2) is 5.78 Å². The third-order valence-corrected chi connectivity index (χ3v) is 10.6. The molecule has 2 N–H and O–H groups in total. The van der Waals surface area contributed by atoms with Crippen LogP contribution in [0.4, 0.5) is 0 Å². The molecule has 0 aromatic heterocycles. The second-order valence-corrected chi connectivity index (χ2v) is 12.3. The number of aliphatic hydroxyl groups excluding tert-OH is 2. The highest BCUT2D eigenvalue weighted by atomic mass is 16.3. The highest BCUT2D eigenvalue weighted by Gasteiger charge is 2.65. The van der Waals surface area contributed by atoms with Crippen LogP contribution in [0.25, 0.3) is 0 Å². The summed E-state index contributed by atoms with van der Waals surface area (Å²) < 4.78 is 0. The fourth-order valence-electron chi connectivity index (χ4n) is 8.46. The lowest BCUT2D eigenvalue weighted by Crippen LogP contribution is -2.60. The van der Waals surface area contributed by atoms with E-state index in [4.69, 9.17) is 0 Å². The van der Waals surface area contributed by atoms with E-state index in [2.05, 4.69) is 34.6 Å². The van der Waals surface area contributed by atoms with Gasteiger partial charge in [-0.05, 0) is 85.2 Å².